The highest BCUT2D eigenvalue weighted by Gasteiger charge is 2.51. The van der Waals surface area contributed by atoms with Gasteiger partial charge in [0, 0.05) is 57.9 Å². The van der Waals surface area contributed by atoms with Crippen LogP contribution in [-0.2, 0) is 11.2 Å². The van der Waals surface area contributed by atoms with Crippen LogP contribution in [0, 0.1) is 5.41 Å². The standard InChI is InChI=1S/C19H25N3O/c1-23-18-8-7-17(11-20-18)22-14-19(15-22)12-21(13-19)10-9-16-5-3-2-4-6-16/h2-7,11,18H,8-10,12-15H2,1H3. The average Bonchev–Trinajstić information content (AvgIpc) is 2.53. The maximum Gasteiger partial charge on any atom is 0.151 e. The molecule has 1 aromatic rings. The summed E-state index contributed by atoms with van der Waals surface area (Å²) in [5.41, 5.74) is 3.27. The van der Waals surface area contributed by atoms with Gasteiger partial charge in [0.05, 0.1) is 5.70 Å². The molecule has 2 fully saturated rings. The van der Waals surface area contributed by atoms with E-state index in [0.717, 1.165) is 12.8 Å². The molecule has 1 unspecified atom stereocenters. The summed E-state index contributed by atoms with van der Waals surface area (Å²) in [5.74, 6) is 0. The fourth-order valence-corrected chi connectivity index (χ4v) is 4.00. The van der Waals surface area contributed by atoms with E-state index in [1.165, 1.54) is 44.0 Å². The van der Waals surface area contributed by atoms with Gasteiger partial charge >= 0.3 is 0 Å². The van der Waals surface area contributed by atoms with Gasteiger partial charge in [0.15, 0.2) is 6.23 Å². The number of benzene rings is 1. The lowest BCUT2D eigenvalue weighted by Crippen LogP contribution is -2.71. The van der Waals surface area contributed by atoms with Crippen molar-refractivity contribution in [3.63, 3.8) is 0 Å². The summed E-state index contributed by atoms with van der Waals surface area (Å²) >= 11 is 0. The second-order valence-corrected chi connectivity index (χ2v) is 7.14. The van der Waals surface area contributed by atoms with Crippen molar-refractivity contribution in [2.75, 3.05) is 39.8 Å². The number of likely N-dealkylation sites (tertiary alicyclic amines) is 2. The zero-order valence-corrected chi connectivity index (χ0v) is 13.8. The number of allylic oxidation sites excluding steroid dienone is 1. The molecule has 0 amide bonds. The summed E-state index contributed by atoms with van der Waals surface area (Å²) < 4.78 is 5.25. The van der Waals surface area contributed by atoms with E-state index in [1.807, 2.05) is 6.21 Å². The topological polar surface area (TPSA) is 28.1 Å². The first-order chi connectivity index (χ1) is 11.3. The summed E-state index contributed by atoms with van der Waals surface area (Å²) in [4.78, 5) is 9.49. The molecule has 0 saturated carbocycles. The fraction of sp³-hybridized carbons (Fsp3) is 0.526. The number of hydrogen-bond acceptors (Lipinski definition) is 4. The van der Waals surface area contributed by atoms with Crippen LogP contribution in [0.15, 0.2) is 47.1 Å². The van der Waals surface area contributed by atoms with E-state index >= 15 is 0 Å². The lowest BCUT2D eigenvalue weighted by molar-refractivity contribution is -0.0973. The van der Waals surface area contributed by atoms with Gasteiger partial charge in [-0.3, -0.25) is 4.99 Å². The predicted molar refractivity (Wildman–Crippen MR) is 92.6 cm³/mol. The summed E-state index contributed by atoms with van der Waals surface area (Å²) in [6.07, 6.45) is 6.33. The first-order valence-corrected chi connectivity index (χ1v) is 8.54. The number of aliphatic imine (C=N–C) groups is 1. The smallest absolute Gasteiger partial charge is 0.151 e. The van der Waals surface area contributed by atoms with E-state index in [0.29, 0.717) is 5.41 Å². The van der Waals surface area contributed by atoms with Crippen LogP contribution in [0.4, 0.5) is 0 Å². The largest absolute Gasteiger partial charge is 0.369 e. The van der Waals surface area contributed by atoms with E-state index in [4.69, 9.17) is 4.74 Å². The van der Waals surface area contributed by atoms with Gasteiger partial charge < -0.3 is 14.5 Å². The van der Waals surface area contributed by atoms with Gasteiger partial charge in [0.2, 0.25) is 0 Å². The van der Waals surface area contributed by atoms with Crippen molar-refractivity contribution < 1.29 is 4.74 Å². The molecular formula is C19H25N3O. The Kier molecular flexibility index (Phi) is 3.95. The second-order valence-electron chi connectivity index (χ2n) is 7.14. The lowest BCUT2D eigenvalue weighted by Gasteiger charge is -2.61. The van der Waals surface area contributed by atoms with Gasteiger partial charge in [-0.05, 0) is 12.0 Å². The third-order valence-electron chi connectivity index (χ3n) is 5.27. The molecule has 4 nitrogen and oxygen atoms in total. The van der Waals surface area contributed by atoms with Crippen LogP contribution in [-0.4, -0.2) is 62.1 Å². The Labute approximate surface area is 138 Å². The van der Waals surface area contributed by atoms with Crippen molar-refractivity contribution in [3.05, 3.63) is 47.7 Å². The van der Waals surface area contributed by atoms with E-state index in [9.17, 15) is 0 Å². The molecule has 0 bridgehead atoms. The lowest BCUT2D eigenvalue weighted by atomic mass is 9.72. The van der Waals surface area contributed by atoms with Crippen molar-refractivity contribution in [1.29, 1.82) is 0 Å². The van der Waals surface area contributed by atoms with E-state index < -0.39 is 0 Å². The first kappa shape index (κ1) is 14.9. The number of nitrogens with zero attached hydrogens (tertiary/aromatic N) is 3. The SMILES string of the molecule is COC1CC=C(N2CC3(CN(CCc4ccccc4)C3)C2)C=N1. The molecule has 122 valence electrons. The van der Waals surface area contributed by atoms with Crippen molar-refractivity contribution in [2.24, 2.45) is 10.4 Å². The Morgan fingerprint density at radius 3 is 2.61 bits per heavy atom. The molecule has 3 aliphatic heterocycles. The quantitative estimate of drug-likeness (QED) is 0.834. The number of hydrogen-bond donors (Lipinski definition) is 0. The third kappa shape index (κ3) is 3.06. The first-order valence-electron chi connectivity index (χ1n) is 8.54. The molecule has 0 aromatic heterocycles. The molecule has 3 aliphatic rings. The molecule has 1 aromatic carbocycles. The van der Waals surface area contributed by atoms with Crippen LogP contribution in [0.1, 0.15) is 12.0 Å². The molecule has 4 rings (SSSR count). The van der Waals surface area contributed by atoms with E-state index in [2.05, 4.69) is 51.2 Å². The monoisotopic (exact) mass is 311 g/mol. The molecule has 0 N–H and O–H groups in total. The Morgan fingerprint density at radius 1 is 1.17 bits per heavy atom. The van der Waals surface area contributed by atoms with Crippen molar-refractivity contribution in [2.45, 2.75) is 19.1 Å². The minimum Gasteiger partial charge on any atom is -0.369 e. The summed E-state index contributed by atoms with van der Waals surface area (Å²) in [6, 6.07) is 10.8. The highest BCUT2D eigenvalue weighted by atomic mass is 16.5. The molecule has 23 heavy (non-hydrogen) atoms. The highest BCUT2D eigenvalue weighted by molar-refractivity contribution is 5.79. The minimum atomic E-state index is 0.0196. The molecule has 1 spiro atoms. The van der Waals surface area contributed by atoms with Crippen LogP contribution in [0.25, 0.3) is 0 Å². The third-order valence-corrected chi connectivity index (χ3v) is 5.27. The van der Waals surface area contributed by atoms with Crippen molar-refractivity contribution >= 4 is 6.21 Å². The highest BCUT2D eigenvalue weighted by Crippen LogP contribution is 2.41. The number of rotatable bonds is 5. The van der Waals surface area contributed by atoms with Crippen molar-refractivity contribution in [3.8, 4) is 0 Å². The zero-order valence-electron chi connectivity index (χ0n) is 13.8. The Balaban J connectivity index is 1.20. The van der Waals surface area contributed by atoms with Crippen LogP contribution in [0.3, 0.4) is 0 Å². The van der Waals surface area contributed by atoms with E-state index in [1.54, 1.807) is 7.11 Å². The Hall–Kier alpha value is -1.65. The number of methoxy groups -OCH3 is 1. The van der Waals surface area contributed by atoms with Crippen LogP contribution in [0.2, 0.25) is 0 Å². The van der Waals surface area contributed by atoms with Gasteiger partial charge in [-0.1, -0.05) is 36.4 Å². The second kappa shape index (κ2) is 6.10. The zero-order chi connectivity index (χ0) is 15.7. The maximum absolute atomic E-state index is 5.25. The van der Waals surface area contributed by atoms with Gasteiger partial charge in [-0.25, -0.2) is 0 Å². The molecule has 3 heterocycles. The number of ether oxygens (including phenoxy) is 1. The number of dihydropyridines is 1. The Bertz CT molecular complexity index is 596. The van der Waals surface area contributed by atoms with Gasteiger partial charge in [-0.15, -0.1) is 0 Å². The van der Waals surface area contributed by atoms with Crippen molar-refractivity contribution in [1.82, 2.24) is 9.80 Å². The normalized spacial score (nSPS) is 25.9. The summed E-state index contributed by atoms with van der Waals surface area (Å²) in [7, 11) is 1.72. The molecular weight excluding hydrogens is 286 g/mol. The molecule has 4 heteroatoms. The molecule has 2 saturated heterocycles. The van der Waals surface area contributed by atoms with E-state index in [-0.39, 0.29) is 6.23 Å². The summed E-state index contributed by atoms with van der Waals surface area (Å²) in [6.45, 7) is 6.06. The van der Waals surface area contributed by atoms with Gasteiger partial charge in [0.25, 0.3) is 0 Å². The molecule has 1 atom stereocenters. The maximum atomic E-state index is 5.25. The van der Waals surface area contributed by atoms with Gasteiger partial charge in [0.1, 0.15) is 0 Å². The van der Waals surface area contributed by atoms with Gasteiger partial charge in [-0.2, -0.15) is 0 Å². The average molecular weight is 311 g/mol. The van der Waals surface area contributed by atoms with Crippen LogP contribution in [0.5, 0.6) is 0 Å². The molecule has 0 aliphatic carbocycles. The Morgan fingerprint density at radius 2 is 1.96 bits per heavy atom. The minimum absolute atomic E-state index is 0.0196. The predicted octanol–water partition coefficient (Wildman–Crippen LogP) is 2.18. The molecule has 0 radical (unpaired) electrons. The van der Waals surface area contributed by atoms with Crippen LogP contribution < -0.4 is 0 Å². The fourth-order valence-electron chi connectivity index (χ4n) is 4.00. The summed E-state index contributed by atoms with van der Waals surface area (Å²) in [5, 5.41) is 0. The van der Waals surface area contributed by atoms with Crippen LogP contribution >= 0.6 is 0 Å².